The van der Waals surface area contributed by atoms with Gasteiger partial charge < -0.3 is 14.7 Å². The maximum atomic E-state index is 13.7. The molecule has 0 spiro atoms. The lowest BCUT2D eigenvalue weighted by Gasteiger charge is -2.45. The minimum Gasteiger partial charge on any atom is -0.465 e. The van der Waals surface area contributed by atoms with Gasteiger partial charge in [-0.3, -0.25) is 15.0 Å². The third-order valence-electron chi connectivity index (χ3n) is 6.11. The molecule has 0 aromatic heterocycles. The molecule has 9 heteroatoms. The van der Waals surface area contributed by atoms with Crippen LogP contribution in [0.3, 0.4) is 0 Å². The van der Waals surface area contributed by atoms with Crippen LogP contribution >= 0.6 is 0 Å². The van der Waals surface area contributed by atoms with Gasteiger partial charge in [0.25, 0.3) is 0 Å². The average Bonchev–Trinajstić information content (AvgIpc) is 2.80. The zero-order chi connectivity index (χ0) is 23.4. The van der Waals surface area contributed by atoms with Crippen LogP contribution in [0.2, 0.25) is 0 Å². The number of benzene rings is 2. The van der Waals surface area contributed by atoms with E-state index in [1.807, 2.05) is 18.2 Å². The Bertz CT molecular complexity index is 965. The van der Waals surface area contributed by atoms with Crippen LogP contribution in [0.4, 0.5) is 19.3 Å². The zero-order valence-corrected chi connectivity index (χ0v) is 18.1. The predicted octanol–water partition coefficient (Wildman–Crippen LogP) is 3.63. The molecule has 1 aliphatic carbocycles. The fourth-order valence-electron chi connectivity index (χ4n) is 4.41. The minimum atomic E-state index is -1.50. The summed E-state index contributed by atoms with van der Waals surface area (Å²) in [6, 6.07) is 11.1. The number of rotatable bonds is 4. The van der Waals surface area contributed by atoms with Crippen molar-refractivity contribution < 1.29 is 28.2 Å². The number of nitrogens with zero attached hydrogens (tertiary/aromatic N) is 2. The first kappa shape index (κ1) is 23.0. The summed E-state index contributed by atoms with van der Waals surface area (Å²) >= 11 is 0. The van der Waals surface area contributed by atoms with Gasteiger partial charge in [-0.05, 0) is 25.0 Å². The van der Waals surface area contributed by atoms with Crippen LogP contribution in [0.15, 0.2) is 48.5 Å². The number of amides is 3. The van der Waals surface area contributed by atoms with Crippen molar-refractivity contribution in [2.45, 2.75) is 44.6 Å². The van der Waals surface area contributed by atoms with E-state index in [9.17, 15) is 23.5 Å². The Labute approximate surface area is 190 Å². The molecule has 3 amide bonds. The van der Waals surface area contributed by atoms with Crippen molar-refractivity contribution >= 4 is 17.6 Å². The summed E-state index contributed by atoms with van der Waals surface area (Å²) in [5.74, 6) is -2.34. The number of aliphatic hydroxyl groups is 1. The van der Waals surface area contributed by atoms with Gasteiger partial charge in [0.1, 0.15) is 17.4 Å². The minimum absolute atomic E-state index is 0.122. The largest absolute Gasteiger partial charge is 0.465 e. The van der Waals surface area contributed by atoms with Crippen LogP contribution < -0.4 is 15.0 Å². The molecule has 2 aliphatic rings. The van der Waals surface area contributed by atoms with Crippen molar-refractivity contribution in [3.05, 3.63) is 60.2 Å². The van der Waals surface area contributed by atoms with Gasteiger partial charge in [-0.1, -0.05) is 37.5 Å². The number of urea groups is 1. The Hall–Kier alpha value is -3.20. The Kier molecular flexibility index (Phi) is 7.08. The van der Waals surface area contributed by atoms with E-state index in [0.717, 1.165) is 55.2 Å². The van der Waals surface area contributed by atoms with Crippen molar-refractivity contribution in [3.8, 4) is 5.75 Å². The van der Waals surface area contributed by atoms with E-state index in [-0.39, 0.29) is 30.7 Å². The summed E-state index contributed by atoms with van der Waals surface area (Å²) in [5, 5.41) is 13.5. The van der Waals surface area contributed by atoms with Crippen LogP contribution in [-0.4, -0.2) is 47.5 Å². The zero-order valence-electron chi connectivity index (χ0n) is 18.1. The lowest BCUT2D eigenvalue weighted by Crippen LogP contribution is -2.65. The van der Waals surface area contributed by atoms with Crippen molar-refractivity contribution in [3.63, 3.8) is 0 Å². The van der Waals surface area contributed by atoms with E-state index in [4.69, 9.17) is 4.74 Å². The topological polar surface area (TPSA) is 82.1 Å². The number of imide groups is 1. The van der Waals surface area contributed by atoms with Crippen molar-refractivity contribution in [1.29, 1.82) is 0 Å². The molecule has 7 nitrogen and oxygen atoms in total. The van der Waals surface area contributed by atoms with Gasteiger partial charge in [-0.2, -0.15) is 0 Å². The molecule has 33 heavy (non-hydrogen) atoms. The summed E-state index contributed by atoms with van der Waals surface area (Å²) in [4.78, 5) is 28.2. The molecule has 2 unspecified atom stereocenters. The summed E-state index contributed by atoms with van der Waals surface area (Å²) < 4.78 is 33.2. The van der Waals surface area contributed by atoms with E-state index < -0.39 is 30.1 Å². The number of halogens is 2. The summed E-state index contributed by atoms with van der Waals surface area (Å²) in [6.07, 6.45) is 1.80. The highest BCUT2D eigenvalue weighted by molar-refractivity contribution is 5.95. The van der Waals surface area contributed by atoms with Crippen LogP contribution in [0.25, 0.3) is 0 Å². The maximum Gasteiger partial charge on any atom is 0.326 e. The predicted molar refractivity (Wildman–Crippen MR) is 117 cm³/mol. The molecule has 176 valence electrons. The number of hydrogen-bond acceptors (Lipinski definition) is 5. The number of aliphatic hydroxyl groups excluding tert-OH is 1. The first-order valence-electron chi connectivity index (χ1n) is 11.2. The fraction of sp³-hybridized carbons (Fsp3) is 0.417. The number of ether oxygens (including phenoxy) is 1. The lowest BCUT2D eigenvalue weighted by atomic mass is 9.89. The smallest absolute Gasteiger partial charge is 0.326 e. The Morgan fingerprint density at radius 1 is 0.970 bits per heavy atom. The second-order valence-electron chi connectivity index (χ2n) is 8.38. The van der Waals surface area contributed by atoms with E-state index in [2.05, 4.69) is 5.32 Å². The van der Waals surface area contributed by atoms with Gasteiger partial charge in [0.15, 0.2) is 6.23 Å². The Morgan fingerprint density at radius 3 is 2.30 bits per heavy atom. The molecule has 1 saturated heterocycles. The van der Waals surface area contributed by atoms with Gasteiger partial charge in [0.2, 0.25) is 12.1 Å². The highest BCUT2D eigenvalue weighted by Gasteiger charge is 2.40. The maximum absolute atomic E-state index is 13.7. The van der Waals surface area contributed by atoms with Crippen molar-refractivity contribution in [2.75, 3.05) is 18.0 Å². The van der Waals surface area contributed by atoms with Gasteiger partial charge >= 0.3 is 6.03 Å². The van der Waals surface area contributed by atoms with Gasteiger partial charge in [0, 0.05) is 42.9 Å². The summed E-state index contributed by atoms with van der Waals surface area (Å²) in [7, 11) is 0. The number of piperazine rings is 1. The molecule has 0 bridgehead atoms. The van der Waals surface area contributed by atoms with E-state index in [1.165, 1.54) is 0 Å². The molecule has 2 atom stereocenters. The van der Waals surface area contributed by atoms with Crippen LogP contribution in [0, 0.1) is 17.6 Å². The number of para-hydroxylation sites is 1. The summed E-state index contributed by atoms with van der Waals surface area (Å²) in [6.45, 7) is 0.395. The Balaban J connectivity index is 1.53. The van der Waals surface area contributed by atoms with Crippen molar-refractivity contribution in [1.82, 2.24) is 10.2 Å². The number of nitrogens with one attached hydrogen (secondary N) is 1. The molecule has 0 radical (unpaired) electrons. The highest BCUT2D eigenvalue weighted by Crippen LogP contribution is 2.28. The summed E-state index contributed by atoms with van der Waals surface area (Å²) in [5.41, 5.74) is 0.705. The van der Waals surface area contributed by atoms with Crippen LogP contribution in [-0.2, 0) is 4.79 Å². The standard InChI is InChI=1S/C24H27F2N3O4/c25-17-13-18(26)15-20(14-17)33-23-22(31)29(12-11-28(23)19-9-5-2-6-10-19)24(32)27-21(30)16-7-3-1-4-8-16/h2,5-6,9-10,13-16,22-23,31H,1,3-4,7-8,11-12H2,(H,27,30,32). The van der Waals surface area contributed by atoms with Crippen LogP contribution in [0.5, 0.6) is 5.75 Å². The number of carbonyl (C=O) groups excluding carboxylic acids is 2. The molecule has 1 saturated carbocycles. The van der Waals surface area contributed by atoms with E-state index in [0.29, 0.717) is 5.69 Å². The van der Waals surface area contributed by atoms with E-state index >= 15 is 0 Å². The molecule has 2 aromatic rings. The SMILES string of the molecule is O=C(NC(=O)N1CCN(c2ccccc2)C(Oc2cc(F)cc(F)c2)C1O)C1CCCCC1. The number of carbonyl (C=O) groups is 2. The monoisotopic (exact) mass is 459 g/mol. The highest BCUT2D eigenvalue weighted by atomic mass is 19.1. The molecule has 1 heterocycles. The van der Waals surface area contributed by atoms with Crippen LogP contribution in [0.1, 0.15) is 32.1 Å². The molecule has 4 rings (SSSR count). The fourth-order valence-corrected chi connectivity index (χ4v) is 4.41. The first-order chi connectivity index (χ1) is 15.9. The number of anilines is 1. The first-order valence-corrected chi connectivity index (χ1v) is 11.2. The molecular weight excluding hydrogens is 432 g/mol. The normalized spacial score (nSPS) is 21.5. The second kappa shape index (κ2) is 10.2. The van der Waals surface area contributed by atoms with E-state index in [1.54, 1.807) is 17.0 Å². The third-order valence-corrected chi connectivity index (χ3v) is 6.11. The molecule has 2 fully saturated rings. The third kappa shape index (κ3) is 5.42. The van der Waals surface area contributed by atoms with Gasteiger partial charge in [-0.15, -0.1) is 0 Å². The molecular formula is C24H27F2N3O4. The Morgan fingerprint density at radius 2 is 1.64 bits per heavy atom. The second-order valence-corrected chi connectivity index (χ2v) is 8.38. The molecule has 2 N–H and O–H groups in total. The average molecular weight is 459 g/mol. The molecule has 2 aromatic carbocycles. The number of hydrogen-bond donors (Lipinski definition) is 2. The lowest BCUT2D eigenvalue weighted by molar-refractivity contribution is -0.125. The quantitative estimate of drug-likeness (QED) is 0.730. The molecule has 1 aliphatic heterocycles. The van der Waals surface area contributed by atoms with Crippen molar-refractivity contribution in [2.24, 2.45) is 5.92 Å². The van der Waals surface area contributed by atoms with Gasteiger partial charge in [-0.25, -0.2) is 13.6 Å². The van der Waals surface area contributed by atoms with Gasteiger partial charge in [0.05, 0.1) is 0 Å².